The molecule has 0 aliphatic heterocycles. The van der Waals surface area contributed by atoms with Gasteiger partial charge in [-0.2, -0.15) is 0 Å². The first-order valence-corrected chi connectivity index (χ1v) is 7.95. The van der Waals surface area contributed by atoms with E-state index in [0.29, 0.717) is 17.0 Å². The van der Waals surface area contributed by atoms with Gasteiger partial charge in [0.25, 0.3) is 0 Å². The second-order valence-corrected chi connectivity index (χ2v) is 6.84. The van der Waals surface area contributed by atoms with Gasteiger partial charge in [-0.1, -0.05) is 51.1 Å². The van der Waals surface area contributed by atoms with Crippen LogP contribution in [-0.4, -0.2) is 9.97 Å². The SMILES string of the molecule is [2H]c1cnc(-c2cccc3c2oc2ccccc23)nc1C([2H])([2H])C(C)(C)C. The summed E-state index contributed by atoms with van der Waals surface area (Å²) in [4.78, 5) is 8.77. The zero-order chi connectivity index (χ0) is 19.4. The molecule has 0 aliphatic rings. The van der Waals surface area contributed by atoms with Gasteiger partial charge in [-0.25, -0.2) is 9.97 Å². The first-order chi connectivity index (χ1) is 12.7. The van der Waals surface area contributed by atoms with Crippen LogP contribution in [0, 0.1) is 5.41 Å². The fourth-order valence-corrected chi connectivity index (χ4v) is 2.79. The minimum atomic E-state index is -1.77. The minimum Gasteiger partial charge on any atom is -0.455 e. The highest BCUT2D eigenvalue weighted by molar-refractivity contribution is 6.08. The van der Waals surface area contributed by atoms with Crippen molar-refractivity contribution in [1.82, 2.24) is 9.97 Å². The van der Waals surface area contributed by atoms with Crippen LogP contribution in [0.3, 0.4) is 0 Å². The number of furan rings is 1. The van der Waals surface area contributed by atoms with E-state index in [4.69, 9.17) is 8.53 Å². The summed E-state index contributed by atoms with van der Waals surface area (Å²) in [6.45, 7) is 5.40. The molecule has 0 saturated heterocycles. The van der Waals surface area contributed by atoms with Crippen molar-refractivity contribution in [3.8, 4) is 11.4 Å². The Morgan fingerprint density at radius 3 is 2.71 bits per heavy atom. The Kier molecular flexibility index (Phi) is 2.68. The van der Waals surface area contributed by atoms with Gasteiger partial charge in [0.15, 0.2) is 5.82 Å². The molecule has 0 amide bonds. The second kappa shape index (κ2) is 5.45. The van der Waals surface area contributed by atoms with Gasteiger partial charge in [0.2, 0.25) is 0 Å². The van der Waals surface area contributed by atoms with Gasteiger partial charge < -0.3 is 4.42 Å². The molecule has 0 spiro atoms. The molecule has 0 radical (unpaired) electrons. The number of nitrogens with zero attached hydrogens (tertiary/aromatic N) is 2. The molecule has 0 bridgehead atoms. The third kappa shape index (κ3) is 2.67. The standard InChI is InChI=1S/C21H20N2O/c1-21(2,3)13-14-11-12-22-20(23-14)17-9-6-8-16-15-7-4-5-10-18(15)24-19(16)17/h4-12H,13H2,1-3H3/i11D,13D2. The van der Waals surface area contributed by atoms with E-state index in [1.807, 2.05) is 42.5 Å². The summed E-state index contributed by atoms with van der Waals surface area (Å²) in [5.41, 5.74) is 1.52. The number of hydrogen-bond acceptors (Lipinski definition) is 3. The number of fused-ring (bicyclic) bond motifs is 3. The van der Waals surface area contributed by atoms with Gasteiger partial charge in [-0.05, 0) is 30.0 Å². The van der Waals surface area contributed by atoms with Crippen LogP contribution in [0.15, 0.2) is 59.1 Å². The first-order valence-electron chi connectivity index (χ1n) is 9.45. The highest BCUT2D eigenvalue weighted by Gasteiger charge is 2.16. The minimum absolute atomic E-state index is 0.00421. The van der Waals surface area contributed by atoms with Crippen LogP contribution in [0.1, 0.15) is 30.6 Å². The molecule has 3 heteroatoms. The molecule has 2 aromatic carbocycles. The fourth-order valence-electron chi connectivity index (χ4n) is 2.79. The third-order valence-corrected chi connectivity index (χ3v) is 3.74. The van der Waals surface area contributed by atoms with E-state index in [9.17, 15) is 0 Å². The van der Waals surface area contributed by atoms with E-state index in [1.165, 1.54) is 6.20 Å². The Balaban J connectivity index is 1.96. The maximum Gasteiger partial charge on any atom is 0.163 e. The molecule has 0 N–H and O–H groups in total. The highest BCUT2D eigenvalue weighted by atomic mass is 16.3. The summed E-state index contributed by atoms with van der Waals surface area (Å²) < 4.78 is 31.2. The van der Waals surface area contributed by atoms with Gasteiger partial charge in [-0.15, -0.1) is 0 Å². The summed E-state index contributed by atoms with van der Waals surface area (Å²) >= 11 is 0. The molecule has 4 aromatic rings. The summed E-state index contributed by atoms with van der Waals surface area (Å²) in [6, 6.07) is 13.6. The maximum atomic E-state index is 8.50. The van der Waals surface area contributed by atoms with Gasteiger partial charge in [-0.3, -0.25) is 0 Å². The largest absolute Gasteiger partial charge is 0.455 e. The molecule has 4 rings (SSSR count). The molecule has 2 heterocycles. The number of aromatic nitrogens is 2. The second-order valence-electron chi connectivity index (χ2n) is 6.84. The molecule has 0 fully saturated rings. The summed E-state index contributed by atoms with van der Waals surface area (Å²) in [5, 5.41) is 1.97. The average molecular weight is 319 g/mol. The summed E-state index contributed by atoms with van der Waals surface area (Å²) in [5.74, 6) is 0.360. The lowest BCUT2D eigenvalue weighted by atomic mass is 9.90. The van der Waals surface area contributed by atoms with Crippen molar-refractivity contribution in [1.29, 1.82) is 0 Å². The Bertz CT molecular complexity index is 1160. The predicted octanol–water partition coefficient (Wildman–Crippen LogP) is 5.63. The number of hydrogen-bond donors (Lipinski definition) is 0. The van der Waals surface area contributed by atoms with Crippen LogP contribution >= 0.6 is 0 Å². The lowest BCUT2D eigenvalue weighted by molar-refractivity contribution is 0.406. The van der Waals surface area contributed by atoms with Gasteiger partial charge in [0.05, 0.1) is 6.93 Å². The number of benzene rings is 2. The van der Waals surface area contributed by atoms with Crippen molar-refractivity contribution in [2.75, 3.05) is 0 Å². The van der Waals surface area contributed by atoms with Crippen molar-refractivity contribution in [3.63, 3.8) is 0 Å². The van der Waals surface area contributed by atoms with Crippen molar-refractivity contribution >= 4 is 21.9 Å². The highest BCUT2D eigenvalue weighted by Crippen LogP contribution is 2.34. The fraction of sp³-hybridized carbons (Fsp3) is 0.238. The van der Waals surface area contributed by atoms with Crippen LogP contribution in [0.4, 0.5) is 0 Å². The Morgan fingerprint density at radius 2 is 1.88 bits per heavy atom. The smallest absolute Gasteiger partial charge is 0.163 e. The lowest BCUT2D eigenvalue weighted by Gasteiger charge is -2.17. The van der Waals surface area contributed by atoms with E-state index < -0.39 is 11.8 Å². The van der Waals surface area contributed by atoms with Crippen LogP contribution in [0.2, 0.25) is 0 Å². The van der Waals surface area contributed by atoms with Gasteiger partial charge >= 0.3 is 0 Å². The van der Waals surface area contributed by atoms with E-state index in [0.717, 1.165) is 16.4 Å². The first kappa shape index (κ1) is 11.8. The summed E-state index contributed by atoms with van der Waals surface area (Å²) in [6.07, 6.45) is -0.410. The maximum absolute atomic E-state index is 8.50. The average Bonchev–Trinajstić information content (AvgIpc) is 3.00. The zero-order valence-electron chi connectivity index (χ0n) is 16.9. The Morgan fingerprint density at radius 1 is 1.08 bits per heavy atom. The van der Waals surface area contributed by atoms with Crippen LogP contribution in [0.25, 0.3) is 33.3 Å². The van der Waals surface area contributed by atoms with Crippen LogP contribution in [-0.2, 0) is 6.37 Å². The van der Waals surface area contributed by atoms with E-state index >= 15 is 0 Å². The molecule has 3 nitrogen and oxygen atoms in total. The van der Waals surface area contributed by atoms with E-state index in [1.54, 1.807) is 20.8 Å². The lowest BCUT2D eigenvalue weighted by Crippen LogP contribution is -2.11. The summed E-state index contributed by atoms with van der Waals surface area (Å²) in [7, 11) is 0. The van der Waals surface area contributed by atoms with Gasteiger partial charge in [0.1, 0.15) is 11.2 Å². The molecule has 2 aromatic heterocycles. The third-order valence-electron chi connectivity index (χ3n) is 3.74. The Labute approximate surface area is 145 Å². The molecular formula is C21H20N2O. The molecular weight excluding hydrogens is 296 g/mol. The normalized spacial score (nSPS) is 14.5. The van der Waals surface area contributed by atoms with E-state index in [2.05, 4.69) is 9.97 Å². The molecule has 0 aliphatic carbocycles. The molecule has 0 atom stereocenters. The molecule has 120 valence electrons. The number of rotatable bonds is 2. The monoisotopic (exact) mass is 319 g/mol. The van der Waals surface area contributed by atoms with Crippen molar-refractivity contribution in [2.45, 2.75) is 27.1 Å². The quantitative estimate of drug-likeness (QED) is 0.480. The van der Waals surface area contributed by atoms with E-state index in [-0.39, 0.29) is 11.7 Å². The van der Waals surface area contributed by atoms with Crippen LogP contribution < -0.4 is 0 Å². The van der Waals surface area contributed by atoms with Crippen LogP contribution in [0.5, 0.6) is 0 Å². The molecule has 0 saturated carbocycles. The molecule has 0 unspecified atom stereocenters. The predicted molar refractivity (Wildman–Crippen MR) is 97.9 cm³/mol. The number of para-hydroxylation sites is 2. The zero-order valence-corrected chi connectivity index (χ0v) is 13.9. The van der Waals surface area contributed by atoms with Crippen molar-refractivity contribution in [3.05, 3.63) is 60.4 Å². The topological polar surface area (TPSA) is 38.9 Å². The van der Waals surface area contributed by atoms with Crippen molar-refractivity contribution < 1.29 is 8.53 Å². The van der Waals surface area contributed by atoms with Gasteiger partial charge in [0, 0.05) is 25.4 Å². The van der Waals surface area contributed by atoms with Crippen molar-refractivity contribution in [2.24, 2.45) is 5.41 Å². The Hall–Kier alpha value is -2.68. The molecule has 24 heavy (non-hydrogen) atoms.